The average Bonchev–Trinajstić information content (AvgIpc) is 2.30. The molecule has 0 heterocycles. The summed E-state index contributed by atoms with van der Waals surface area (Å²) in [6, 6.07) is 18.6. The van der Waals surface area contributed by atoms with E-state index >= 15 is 0 Å². The van der Waals surface area contributed by atoms with Crippen molar-refractivity contribution in [3.63, 3.8) is 0 Å². The molecule has 1 heteroatoms. The Hall–Kier alpha value is -1.60. The Morgan fingerprint density at radius 2 is 1.47 bits per heavy atom. The normalized spacial score (nSPS) is 9.93. The van der Waals surface area contributed by atoms with Crippen LogP contribution in [-0.4, -0.2) is 10.2 Å². The van der Waals surface area contributed by atoms with Crippen molar-refractivity contribution in [2.75, 3.05) is 0 Å². The molecule has 0 fully saturated rings. The summed E-state index contributed by atoms with van der Waals surface area (Å²) in [5.74, 6) is 0. The molecule has 0 amide bonds. The quantitative estimate of drug-likeness (QED) is 0.661. The van der Waals surface area contributed by atoms with Crippen molar-refractivity contribution < 1.29 is 0 Å². The molecule has 3 radical (unpaired) electrons. The fourth-order valence-electron chi connectivity index (χ4n) is 1.62. The molecule has 0 spiro atoms. The van der Waals surface area contributed by atoms with Crippen LogP contribution in [0.1, 0.15) is 5.56 Å². The highest BCUT2D eigenvalue weighted by molar-refractivity contribution is 6.42. The van der Waals surface area contributed by atoms with Gasteiger partial charge in [0.2, 0.25) is 0 Å². The van der Waals surface area contributed by atoms with Gasteiger partial charge in [-0.2, -0.15) is 0 Å². The highest BCUT2D eigenvalue weighted by Gasteiger charge is 2.03. The molecule has 71 valence electrons. The summed E-state index contributed by atoms with van der Waals surface area (Å²) in [5.41, 5.74) is 3.56. The maximum Gasteiger partial charge on any atom is 0.0712 e. The third-order valence-electron chi connectivity index (χ3n) is 2.34. The molecular weight excluding hydrogens is 196 g/mol. The third-order valence-corrected chi connectivity index (χ3v) is 2.61. The number of rotatable bonds is 2. The van der Waals surface area contributed by atoms with Gasteiger partial charge in [-0.05, 0) is 16.7 Å². The second-order valence-electron chi connectivity index (χ2n) is 3.39. The lowest BCUT2D eigenvalue weighted by Crippen LogP contribution is -1.87. The van der Waals surface area contributed by atoms with Crippen LogP contribution in [0.25, 0.3) is 16.3 Å². The summed E-state index contributed by atoms with van der Waals surface area (Å²) < 4.78 is 0. The topological polar surface area (TPSA) is 0 Å². The van der Waals surface area contributed by atoms with Gasteiger partial charge in [-0.25, -0.2) is 0 Å². The van der Waals surface area contributed by atoms with Crippen LogP contribution in [0.3, 0.4) is 0 Å². The summed E-state index contributed by atoms with van der Waals surface area (Å²) in [6.45, 7) is 3.93. The Morgan fingerprint density at radius 1 is 0.867 bits per heavy atom. The van der Waals surface area contributed by atoms with Crippen molar-refractivity contribution >= 4 is 15.4 Å². The van der Waals surface area contributed by atoms with Gasteiger partial charge in [-0.1, -0.05) is 59.8 Å². The molecule has 2 aromatic rings. The smallest absolute Gasteiger partial charge is 0.0712 e. The van der Waals surface area contributed by atoms with Gasteiger partial charge in [0.05, 0.1) is 10.2 Å². The summed E-state index contributed by atoms with van der Waals surface area (Å²) in [7, 11) is 3.49. The summed E-state index contributed by atoms with van der Waals surface area (Å²) >= 11 is 0. The minimum Gasteiger partial charge on any atom is -0.100 e. The molecule has 2 aromatic carbocycles. The van der Waals surface area contributed by atoms with Gasteiger partial charge in [-0.15, -0.1) is 6.58 Å². The zero-order valence-electron chi connectivity index (χ0n) is 8.40. The first-order valence-corrected chi connectivity index (χ1v) is 5.34. The minimum atomic E-state index is 0.912. The van der Waals surface area contributed by atoms with E-state index in [0.717, 1.165) is 10.8 Å². The van der Waals surface area contributed by atoms with E-state index in [9.17, 15) is 0 Å². The second kappa shape index (κ2) is 4.28. The largest absolute Gasteiger partial charge is 0.100 e. The van der Waals surface area contributed by atoms with Crippen LogP contribution in [0.4, 0.5) is 0 Å². The van der Waals surface area contributed by atoms with Crippen molar-refractivity contribution in [2.45, 2.75) is 0 Å². The first kappa shape index (κ1) is 9.93. The lowest BCUT2D eigenvalue weighted by molar-refractivity contribution is 1.59. The van der Waals surface area contributed by atoms with E-state index in [1.165, 1.54) is 11.1 Å². The zero-order valence-corrected chi connectivity index (χ0v) is 9.40. The Labute approximate surface area is 93.7 Å². The molecule has 0 saturated heterocycles. The van der Waals surface area contributed by atoms with Gasteiger partial charge in [0.15, 0.2) is 0 Å². The standard InChI is InChI=1S/C14H11Si/c1-11(15)13-9-5-6-10-14(13)12-7-3-2-4-8-12/h2-10H,1H2. The molecule has 0 unspecified atom stereocenters. The predicted octanol–water partition coefficient (Wildman–Crippen LogP) is 3.49. The van der Waals surface area contributed by atoms with E-state index in [1.807, 2.05) is 30.3 Å². The van der Waals surface area contributed by atoms with Crippen LogP contribution < -0.4 is 0 Å². The van der Waals surface area contributed by atoms with Crippen LogP contribution >= 0.6 is 0 Å². The van der Waals surface area contributed by atoms with Crippen LogP contribution in [0.15, 0.2) is 61.2 Å². The minimum absolute atomic E-state index is 0.912. The molecule has 0 nitrogen and oxygen atoms in total. The van der Waals surface area contributed by atoms with Gasteiger partial charge < -0.3 is 0 Å². The van der Waals surface area contributed by atoms with E-state index < -0.39 is 0 Å². The van der Waals surface area contributed by atoms with E-state index in [0.29, 0.717) is 0 Å². The van der Waals surface area contributed by atoms with Gasteiger partial charge in [-0.3, -0.25) is 0 Å². The predicted molar refractivity (Wildman–Crippen MR) is 66.7 cm³/mol. The summed E-state index contributed by atoms with van der Waals surface area (Å²) in [5, 5.41) is 0.912. The molecule has 0 aliphatic rings. The fraction of sp³-hybridized carbons (Fsp3) is 0. The molecule has 0 N–H and O–H groups in total. The van der Waals surface area contributed by atoms with Crippen molar-refractivity contribution in [1.82, 2.24) is 0 Å². The molecule has 0 saturated carbocycles. The van der Waals surface area contributed by atoms with Crippen molar-refractivity contribution in [2.24, 2.45) is 0 Å². The lowest BCUT2D eigenvalue weighted by Gasteiger charge is -2.08. The van der Waals surface area contributed by atoms with E-state index in [-0.39, 0.29) is 0 Å². The van der Waals surface area contributed by atoms with Crippen LogP contribution in [0.5, 0.6) is 0 Å². The molecule has 15 heavy (non-hydrogen) atoms. The summed E-state index contributed by atoms with van der Waals surface area (Å²) in [4.78, 5) is 0. The van der Waals surface area contributed by atoms with Crippen LogP contribution in [0, 0.1) is 0 Å². The van der Waals surface area contributed by atoms with E-state index in [1.54, 1.807) is 0 Å². The highest BCUT2D eigenvalue weighted by Crippen LogP contribution is 2.26. The number of benzene rings is 2. The molecule has 0 aliphatic carbocycles. The average molecular weight is 207 g/mol. The second-order valence-corrected chi connectivity index (χ2v) is 3.99. The van der Waals surface area contributed by atoms with Gasteiger partial charge >= 0.3 is 0 Å². The monoisotopic (exact) mass is 207 g/mol. The molecule has 0 bridgehead atoms. The number of hydrogen-bond acceptors (Lipinski definition) is 0. The Balaban J connectivity index is 2.58. The summed E-state index contributed by atoms with van der Waals surface area (Å²) in [6.07, 6.45) is 0. The van der Waals surface area contributed by atoms with E-state index in [4.69, 9.17) is 0 Å². The molecule has 0 aliphatic heterocycles. The van der Waals surface area contributed by atoms with Crippen molar-refractivity contribution in [1.29, 1.82) is 0 Å². The molecule has 0 aromatic heterocycles. The van der Waals surface area contributed by atoms with Gasteiger partial charge in [0, 0.05) is 0 Å². The highest BCUT2D eigenvalue weighted by atomic mass is 28.1. The Bertz CT molecular complexity index is 472. The zero-order chi connectivity index (χ0) is 10.7. The number of hydrogen-bond donors (Lipinski definition) is 0. The maximum atomic E-state index is 3.93. The van der Waals surface area contributed by atoms with Crippen LogP contribution in [0.2, 0.25) is 0 Å². The van der Waals surface area contributed by atoms with Crippen molar-refractivity contribution in [3.05, 3.63) is 66.7 Å². The fourth-order valence-corrected chi connectivity index (χ4v) is 1.83. The molecule has 0 atom stereocenters. The third kappa shape index (κ3) is 2.08. The Morgan fingerprint density at radius 3 is 2.13 bits per heavy atom. The van der Waals surface area contributed by atoms with Crippen LogP contribution in [-0.2, 0) is 0 Å². The maximum absolute atomic E-state index is 3.93. The molecule has 2 rings (SSSR count). The SMILES string of the molecule is C=C([Si])c1ccccc1-c1ccccc1. The first-order valence-electron chi connectivity index (χ1n) is 4.84. The Kier molecular flexibility index (Phi) is 2.83. The first-order chi connectivity index (χ1) is 7.29. The van der Waals surface area contributed by atoms with E-state index in [2.05, 4.69) is 41.1 Å². The van der Waals surface area contributed by atoms with Crippen molar-refractivity contribution in [3.8, 4) is 11.1 Å². The molecular formula is C14H11Si. The lowest BCUT2D eigenvalue weighted by atomic mass is 10.00. The van der Waals surface area contributed by atoms with Gasteiger partial charge in [0.25, 0.3) is 0 Å². The van der Waals surface area contributed by atoms with Gasteiger partial charge in [0.1, 0.15) is 0 Å².